The van der Waals surface area contributed by atoms with E-state index in [1.54, 1.807) is 50.2 Å². The molecule has 0 saturated heterocycles. The Hall–Kier alpha value is -3.37. The lowest BCUT2D eigenvalue weighted by molar-refractivity contribution is -0.139. The van der Waals surface area contributed by atoms with Gasteiger partial charge >= 0.3 is 0 Å². The quantitative estimate of drug-likeness (QED) is 0.312. The number of nitrogens with one attached hydrogen (secondary N) is 1. The Balaban J connectivity index is 2.03. The van der Waals surface area contributed by atoms with E-state index in [1.165, 1.54) is 17.0 Å². The first-order valence-electron chi connectivity index (χ1n) is 12.7. The van der Waals surface area contributed by atoms with Crippen molar-refractivity contribution in [3.63, 3.8) is 0 Å². The molecular formula is C29H34BrN3O5S. The van der Waals surface area contributed by atoms with Gasteiger partial charge < -0.3 is 15.0 Å². The standard InChI is InChI=1S/C29H34BrN3O5S/c1-5-31-29(35)22(4)32(19-23-8-7-9-24(30)18-23)28(34)20-33(25-12-14-26(15-13-25)38-6-2)39(36,37)27-16-10-21(3)11-17-27/h7-18,22H,5-6,19-20H2,1-4H3,(H,31,35). The number of aryl methyl sites for hydroxylation is 1. The number of hydrogen-bond acceptors (Lipinski definition) is 5. The predicted octanol–water partition coefficient (Wildman–Crippen LogP) is 4.90. The summed E-state index contributed by atoms with van der Waals surface area (Å²) in [4.78, 5) is 28.1. The van der Waals surface area contributed by atoms with Crippen LogP contribution in [0.15, 0.2) is 82.2 Å². The summed E-state index contributed by atoms with van der Waals surface area (Å²) in [6.07, 6.45) is 0. The molecule has 10 heteroatoms. The summed E-state index contributed by atoms with van der Waals surface area (Å²) in [7, 11) is -4.12. The summed E-state index contributed by atoms with van der Waals surface area (Å²) < 4.78 is 35.1. The fraction of sp³-hybridized carbons (Fsp3) is 0.310. The summed E-state index contributed by atoms with van der Waals surface area (Å²) in [6, 6.07) is 19.6. The Labute approximate surface area is 239 Å². The lowest BCUT2D eigenvalue weighted by Crippen LogP contribution is -2.51. The van der Waals surface area contributed by atoms with Gasteiger partial charge in [0.2, 0.25) is 11.8 Å². The fourth-order valence-corrected chi connectivity index (χ4v) is 5.84. The number of halogens is 1. The van der Waals surface area contributed by atoms with Crippen molar-refractivity contribution in [2.24, 2.45) is 0 Å². The zero-order valence-electron chi connectivity index (χ0n) is 22.6. The van der Waals surface area contributed by atoms with Crippen molar-refractivity contribution < 1.29 is 22.7 Å². The summed E-state index contributed by atoms with van der Waals surface area (Å²) in [5.41, 5.74) is 2.01. The molecule has 2 amide bonds. The minimum atomic E-state index is -4.12. The molecule has 0 radical (unpaired) electrons. The molecule has 0 fully saturated rings. The molecule has 3 aromatic carbocycles. The van der Waals surface area contributed by atoms with E-state index in [-0.39, 0.29) is 17.3 Å². The van der Waals surface area contributed by atoms with Crippen LogP contribution in [0.1, 0.15) is 31.9 Å². The number of rotatable bonds is 12. The second kappa shape index (κ2) is 13.6. The molecule has 0 bridgehead atoms. The smallest absolute Gasteiger partial charge is 0.264 e. The van der Waals surface area contributed by atoms with Gasteiger partial charge in [-0.1, -0.05) is 45.8 Å². The van der Waals surface area contributed by atoms with Crippen LogP contribution >= 0.6 is 15.9 Å². The van der Waals surface area contributed by atoms with Crippen molar-refractivity contribution in [1.29, 1.82) is 0 Å². The fourth-order valence-electron chi connectivity index (χ4n) is 3.98. The predicted molar refractivity (Wildman–Crippen MR) is 156 cm³/mol. The van der Waals surface area contributed by atoms with Gasteiger partial charge in [0.15, 0.2) is 0 Å². The van der Waals surface area contributed by atoms with E-state index in [2.05, 4.69) is 21.2 Å². The molecule has 39 heavy (non-hydrogen) atoms. The maximum atomic E-state index is 13.9. The van der Waals surface area contributed by atoms with Gasteiger partial charge in [-0.2, -0.15) is 0 Å². The van der Waals surface area contributed by atoms with Crippen LogP contribution in [0.5, 0.6) is 5.75 Å². The summed E-state index contributed by atoms with van der Waals surface area (Å²) in [5.74, 6) is -0.255. The third-order valence-corrected chi connectivity index (χ3v) is 8.37. The lowest BCUT2D eigenvalue weighted by Gasteiger charge is -2.32. The molecule has 3 aromatic rings. The summed E-state index contributed by atoms with van der Waals surface area (Å²) in [5, 5.41) is 2.75. The summed E-state index contributed by atoms with van der Waals surface area (Å²) in [6.45, 7) is 7.65. The molecule has 1 atom stereocenters. The molecule has 0 saturated carbocycles. The van der Waals surface area contributed by atoms with Crippen molar-refractivity contribution >= 4 is 43.5 Å². The highest BCUT2D eigenvalue weighted by atomic mass is 79.9. The van der Waals surface area contributed by atoms with Crippen molar-refractivity contribution in [2.75, 3.05) is 24.0 Å². The van der Waals surface area contributed by atoms with E-state index in [9.17, 15) is 18.0 Å². The number of likely N-dealkylation sites (N-methyl/N-ethyl adjacent to an activating group) is 1. The minimum Gasteiger partial charge on any atom is -0.494 e. The average Bonchev–Trinajstić information content (AvgIpc) is 2.91. The molecule has 208 valence electrons. The number of nitrogens with zero attached hydrogens (tertiary/aromatic N) is 2. The average molecular weight is 617 g/mol. The Kier molecular flexibility index (Phi) is 10.5. The van der Waals surface area contributed by atoms with Crippen molar-refractivity contribution in [3.8, 4) is 5.75 Å². The Morgan fingerprint density at radius 3 is 2.26 bits per heavy atom. The third kappa shape index (κ3) is 7.83. The van der Waals surface area contributed by atoms with Gasteiger partial charge in [-0.3, -0.25) is 13.9 Å². The monoisotopic (exact) mass is 615 g/mol. The molecule has 1 N–H and O–H groups in total. The molecular weight excluding hydrogens is 582 g/mol. The van der Waals surface area contributed by atoms with E-state index in [1.807, 2.05) is 38.1 Å². The zero-order valence-corrected chi connectivity index (χ0v) is 25.0. The van der Waals surface area contributed by atoms with Crippen LogP contribution in [0.4, 0.5) is 5.69 Å². The second-order valence-corrected chi connectivity index (χ2v) is 11.8. The highest BCUT2D eigenvalue weighted by molar-refractivity contribution is 9.10. The maximum Gasteiger partial charge on any atom is 0.264 e. The molecule has 1 unspecified atom stereocenters. The Morgan fingerprint density at radius 1 is 1.00 bits per heavy atom. The third-order valence-electron chi connectivity index (χ3n) is 6.08. The number of amides is 2. The van der Waals surface area contributed by atoms with E-state index in [0.29, 0.717) is 24.6 Å². The van der Waals surface area contributed by atoms with Crippen molar-refractivity contribution in [1.82, 2.24) is 10.2 Å². The van der Waals surface area contributed by atoms with Crippen LogP contribution in [-0.2, 0) is 26.2 Å². The first kappa shape index (κ1) is 30.2. The van der Waals surface area contributed by atoms with Gasteiger partial charge in [-0.15, -0.1) is 0 Å². The van der Waals surface area contributed by atoms with Crippen LogP contribution in [-0.4, -0.2) is 50.9 Å². The molecule has 8 nitrogen and oxygen atoms in total. The van der Waals surface area contributed by atoms with Crippen LogP contribution in [0.2, 0.25) is 0 Å². The van der Waals surface area contributed by atoms with Gasteiger partial charge in [-0.25, -0.2) is 8.42 Å². The number of ether oxygens (including phenoxy) is 1. The molecule has 0 aliphatic rings. The van der Waals surface area contributed by atoms with E-state index < -0.39 is 28.5 Å². The van der Waals surface area contributed by atoms with Crippen LogP contribution < -0.4 is 14.4 Å². The Morgan fingerprint density at radius 2 is 1.67 bits per heavy atom. The van der Waals surface area contributed by atoms with E-state index >= 15 is 0 Å². The largest absolute Gasteiger partial charge is 0.494 e. The number of benzene rings is 3. The van der Waals surface area contributed by atoms with Gasteiger partial charge in [0.1, 0.15) is 18.3 Å². The van der Waals surface area contributed by atoms with Crippen molar-refractivity contribution in [3.05, 3.63) is 88.4 Å². The zero-order chi connectivity index (χ0) is 28.6. The van der Waals surface area contributed by atoms with Gasteiger partial charge in [0, 0.05) is 17.6 Å². The van der Waals surface area contributed by atoms with Gasteiger partial charge in [0.25, 0.3) is 10.0 Å². The second-order valence-electron chi connectivity index (χ2n) is 8.97. The van der Waals surface area contributed by atoms with Gasteiger partial charge in [0.05, 0.1) is 17.2 Å². The highest BCUT2D eigenvalue weighted by Gasteiger charge is 2.32. The highest BCUT2D eigenvalue weighted by Crippen LogP contribution is 2.27. The molecule has 0 heterocycles. The lowest BCUT2D eigenvalue weighted by atomic mass is 10.1. The van der Waals surface area contributed by atoms with Crippen molar-refractivity contribution in [2.45, 2.75) is 45.2 Å². The number of anilines is 1. The normalized spacial score (nSPS) is 11.9. The van der Waals surface area contributed by atoms with Gasteiger partial charge in [-0.05, 0) is 81.8 Å². The number of carbonyl (C=O) groups is 2. The van der Waals surface area contributed by atoms with Crippen LogP contribution in [0.3, 0.4) is 0 Å². The number of carbonyl (C=O) groups excluding carboxylic acids is 2. The molecule has 0 spiro atoms. The van der Waals surface area contributed by atoms with E-state index in [0.717, 1.165) is 19.9 Å². The first-order valence-corrected chi connectivity index (χ1v) is 14.9. The molecule has 0 aliphatic carbocycles. The maximum absolute atomic E-state index is 13.9. The number of hydrogen-bond donors (Lipinski definition) is 1. The molecule has 3 rings (SSSR count). The molecule has 0 aromatic heterocycles. The number of sulfonamides is 1. The van der Waals surface area contributed by atoms with Crippen LogP contribution in [0, 0.1) is 6.92 Å². The first-order chi connectivity index (χ1) is 18.6. The molecule has 0 aliphatic heterocycles. The topological polar surface area (TPSA) is 96.0 Å². The van der Waals surface area contributed by atoms with Crippen LogP contribution in [0.25, 0.3) is 0 Å². The Bertz CT molecular complexity index is 1380. The summed E-state index contributed by atoms with van der Waals surface area (Å²) >= 11 is 3.44. The SMILES string of the molecule is CCNC(=O)C(C)N(Cc1cccc(Br)c1)C(=O)CN(c1ccc(OCC)cc1)S(=O)(=O)c1ccc(C)cc1. The minimum absolute atomic E-state index is 0.0603. The van der Waals surface area contributed by atoms with E-state index in [4.69, 9.17) is 4.74 Å².